The number of hydrogen-bond donors (Lipinski definition) is 4. The molecule has 3 aromatic rings. The number of nitrogens with two attached hydrogens (primary N) is 2. The first-order valence-corrected chi connectivity index (χ1v) is 7.29. The van der Waals surface area contributed by atoms with E-state index in [2.05, 4.69) is 27.0 Å². The van der Waals surface area contributed by atoms with Crippen molar-refractivity contribution in [2.24, 2.45) is 0 Å². The van der Waals surface area contributed by atoms with Crippen molar-refractivity contribution in [2.45, 2.75) is 12.8 Å². The zero-order valence-electron chi connectivity index (χ0n) is 12.5. The molecular formula is C17H17N5O. The van der Waals surface area contributed by atoms with E-state index in [0.717, 1.165) is 22.0 Å². The second kappa shape index (κ2) is 6.38. The van der Waals surface area contributed by atoms with Crippen molar-refractivity contribution >= 4 is 22.5 Å². The fourth-order valence-corrected chi connectivity index (χ4v) is 2.37. The second-order valence-corrected chi connectivity index (χ2v) is 5.12. The molecule has 116 valence electrons. The zero-order chi connectivity index (χ0) is 16.2. The monoisotopic (exact) mass is 307 g/mol. The Balaban J connectivity index is 2.08. The molecule has 0 bridgehead atoms. The van der Waals surface area contributed by atoms with E-state index < -0.39 is 0 Å². The van der Waals surface area contributed by atoms with E-state index in [1.54, 1.807) is 6.20 Å². The lowest BCUT2D eigenvalue weighted by Crippen LogP contribution is -1.97. The molecule has 0 radical (unpaired) electrons. The number of aromatic nitrogens is 3. The SMILES string of the molecule is Nc1nccc(-c2ccc3[nH]nc(N)c3c2)c1C#CCCCO. The van der Waals surface area contributed by atoms with Gasteiger partial charge in [-0.3, -0.25) is 5.10 Å². The predicted molar refractivity (Wildman–Crippen MR) is 91.3 cm³/mol. The standard InChI is InChI=1S/C17H17N5O/c18-16-13(4-2-1-3-9-23)12(7-8-20-16)11-5-6-15-14(10-11)17(19)22-21-15/h5-8,10,23H,1,3,9H2,(H2,18,20)(H3,19,21,22). The van der Waals surface area contributed by atoms with E-state index in [9.17, 15) is 0 Å². The number of aliphatic hydroxyl groups is 1. The summed E-state index contributed by atoms with van der Waals surface area (Å²) in [7, 11) is 0. The third kappa shape index (κ3) is 2.96. The summed E-state index contributed by atoms with van der Waals surface area (Å²) in [5.41, 5.74) is 15.3. The van der Waals surface area contributed by atoms with Gasteiger partial charge in [0.1, 0.15) is 5.82 Å². The average molecular weight is 307 g/mol. The van der Waals surface area contributed by atoms with Crippen molar-refractivity contribution in [3.63, 3.8) is 0 Å². The number of nitrogens with zero attached hydrogens (tertiary/aromatic N) is 2. The second-order valence-electron chi connectivity index (χ2n) is 5.12. The first-order valence-electron chi connectivity index (χ1n) is 7.29. The number of anilines is 2. The van der Waals surface area contributed by atoms with Crippen molar-refractivity contribution < 1.29 is 5.11 Å². The normalized spacial score (nSPS) is 10.5. The van der Waals surface area contributed by atoms with Crippen LogP contribution in [0.25, 0.3) is 22.0 Å². The molecule has 2 aromatic heterocycles. The molecule has 3 rings (SSSR count). The molecule has 0 aliphatic heterocycles. The fraction of sp³-hybridized carbons (Fsp3) is 0.176. The molecular weight excluding hydrogens is 290 g/mol. The zero-order valence-corrected chi connectivity index (χ0v) is 12.5. The molecule has 0 aliphatic carbocycles. The number of H-pyrrole nitrogens is 1. The Labute approximate surface area is 133 Å². The van der Waals surface area contributed by atoms with Crippen LogP contribution in [0.4, 0.5) is 11.6 Å². The number of hydrogen-bond acceptors (Lipinski definition) is 5. The van der Waals surface area contributed by atoms with Gasteiger partial charge in [-0.05, 0) is 30.2 Å². The molecule has 6 nitrogen and oxygen atoms in total. The molecule has 0 aliphatic rings. The summed E-state index contributed by atoms with van der Waals surface area (Å²) < 4.78 is 0. The van der Waals surface area contributed by atoms with Gasteiger partial charge >= 0.3 is 0 Å². The van der Waals surface area contributed by atoms with Gasteiger partial charge in [0.15, 0.2) is 5.82 Å². The molecule has 0 saturated heterocycles. The average Bonchev–Trinajstić information content (AvgIpc) is 2.93. The molecule has 6 N–H and O–H groups in total. The maximum absolute atomic E-state index is 8.83. The van der Waals surface area contributed by atoms with Crippen LogP contribution in [0.2, 0.25) is 0 Å². The molecule has 0 spiro atoms. The Morgan fingerprint density at radius 3 is 2.87 bits per heavy atom. The van der Waals surface area contributed by atoms with Crippen molar-refractivity contribution in [1.29, 1.82) is 0 Å². The summed E-state index contributed by atoms with van der Waals surface area (Å²) >= 11 is 0. The van der Waals surface area contributed by atoms with Gasteiger partial charge in [0.05, 0.1) is 11.1 Å². The number of fused-ring (bicyclic) bond motifs is 1. The van der Waals surface area contributed by atoms with E-state index >= 15 is 0 Å². The van der Waals surface area contributed by atoms with Crippen LogP contribution in [-0.4, -0.2) is 26.9 Å². The smallest absolute Gasteiger partial charge is 0.153 e. The Bertz CT molecular complexity index is 904. The lowest BCUT2D eigenvalue weighted by atomic mass is 9.99. The fourth-order valence-electron chi connectivity index (χ4n) is 2.37. The molecule has 6 heteroatoms. The third-order valence-electron chi connectivity index (χ3n) is 3.56. The summed E-state index contributed by atoms with van der Waals surface area (Å²) in [4.78, 5) is 4.12. The first kappa shape index (κ1) is 14.9. The number of rotatable bonds is 3. The molecule has 23 heavy (non-hydrogen) atoms. The first-order chi connectivity index (χ1) is 11.2. The highest BCUT2D eigenvalue weighted by Crippen LogP contribution is 2.29. The van der Waals surface area contributed by atoms with Gasteiger partial charge in [-0.25, -0.2) is 4.98 Å². The topological polar surface area (TPSA) is 114 Å². The number of aromatic amines is 1. The van der Waals surface area contributed by atoms with E-state index in [0.29, 0.717) is 30.0 Å². The summed E-state index contributed by atoms with van der Waals surface area (Å²) in [6.07, 6.45) is 2.91. The quantitative estimate of drug-likeness (QED) is 0.436. The Hall–Kier alpha value is -3.04. The number of nitrogens with one attached hydrogen (secondary N) is 1. The molecule has 0 saturated carbocycles. The third-order valence-corrected chi connectivity index (χ3v) is 3.56. The van der Waals surface area contributed by atoms with Crippen LogP contribution in [0.3, 0.4) is 0 Å². The Kier molecular flexibility index (Phi) is 4.13. The van der Waals surface area contributed by atoms with Crippen molar-refractivity contribution in [3.05, 3.63) is 36.0 Å². The van der Waals surface area contributed by atoms with E-state index in [-0.39, 0.29) is 6.61 Å². The number of aliphatic hydroxyl groups excluding tert-OH is 1. The van der Waals surface area contributed by atoms with E-state index in [1.165, 1.54) is 0 Å². The van der Waals surface area contributed by atoms with Crippen molar-refractivity contribution in [3.8, 4) is 23.0 Å². The minimum absolute atomic E-state index is 0.125. The maximum Gasteiger partial charge on any atom is 0.153 e. The number of pyridine rings is 1. The van der Waals surface area contributed by atoms with Gasteiger partial charge in [-0.2, -0.15) is 5.10 Å². The summed E-state index contributed by atoms with van der Waals surface area (Å²) in [5, 5.41) is 16.6. The minimum atomic E-state index is 0.125. The van der Waals surface area contributed by atoms with E-state index in [1.807, 2.05) is 24.3 Å². The summed E-state index contributed by atoms with van der Waals surface area (Å²) in [5.74, 6) is 6.94. The molecule has 0 atom stereocenters. The van der Waals surface area contributed by atoms with Gasteiger partial charge < -0.3 is 16.6 Å². The minimum Gasteiger partial charge on any atom is -0.396 e. The van der Waals surface area contributed by atoms with Gasteiger partial charge in [-0.1, -0.05) is 17.9 Å². The Morgan fingerprint density at radius 2 is 2.04 bits per heavy atom. The van der Waals surface area contributed by atoms with Crippen LogP contribution < -0.4 is 11.5 Å². The van der Waals surface area contributed by atoms with Crippen LogP contribution in [0.5, 0.6) is 0 Å². The lowest BCUT2D eigenvalue weighted by Gasteiger charge is -2.07. The van der Waals surface area contributed by atoms with Gasteiger partial charge in [0.2, 0.25) is 0 Å². The predicted octanol–water partition coefficient (Wildman–Crippen LogP) is 1.91. The number of unbranched alkanes of at least 4 members (excludes halogenated alkanes) is 1. The Morgan fingerprint density at radius 1 is 1.17 bits per heavy atom. The van der Waals surface area contributed by atoms with E-state index in [4.69, 9.17) is 16.6 Å². The van der Waals surface area contributed by atoms with Crippen LogP contribution >= 0.6 is 0 Å². The van der Waals surface area contributed by atoms with Crippen molar-refractivity contribution in [2.75, 3.05) is 18.1 Å². The van der Waals surface area contributed by atoms with Gasteiger partial charge in [0.25, 0.3) is 0 Å². The highest BCUT2D eigenvalue weighted by atomic mass is 16.2. The highest BCUT2D eigenvalue weighted by Gasteiger charge is 2.10. The number of benzene rings is 1. The molecule has 1 aromatic carbocycles. The van der Waals surface area contributed by atoms with Crippen LogP contribution in [0.15, 0.2) is 30.5 Å². The van der Waals surface area contributed by atoms with Crippen molar-refractivity contribution in [1.82, 2.24) is 15.2 Å². The molecule has 0 amide bonds. The molecule has 0 unspecified atom stereocenters. The van der Waals surface area contributed by atoms with Gasteiger partial charge in [-0.15, -0.1) is 0 Å². The molecule has 2 heterocycles. The summed E-state index contributed by atoms with van der Waals surface area (Å²) in [6, 6.07) is 7.73. The van der Waals surface area contributed by atoms with Gasteiger partial charge in [0, 0.05) is 30.2 Å². The number of nitrogen functional groups attached to an aromatic ring is 2. The van der Waals surface area contributed by atoms with Crippen LogP contribution in [0, 0.1) is 11.8 Å². The largest absolute Gasteiger partial charge is 0.396 e. The van der Waals surface area contributed by atoms with Crippen LogP contribution in [-0.2, 0) is 0 Å². The summed E-state index contributed by atoms with van der Waals surface area (Å²) in [6.45, 7) is 0.125. The van der Waals surface area contributed by atoms with Crippen LogP contribution in [0.1, 0.15) is 18.4 Å². The lowest BCUT2D eigenvalue weighted by molar-refractivity contribution is 0.290. The molecule has 0 fully saturated rings. The highest BCUT2D eigenvalue weighted by molar-refractivity contribution is 5.93. The maximum atomic E-state index is 8.83.